The van der Waals surface area contributed by atoms with Crippen molar-refractivity contribution in [3.63, 3.8) is 0 Å². The van der Waals surface area contributed by atoms with Crippen molar-refractivity contribution in [1.29, 1.82) is 0 Å². The molecule has 5 nitrogen and oxygen atoms in total. The molecule has 0 fully saturated rings. The number of likely N-dealkylation sites (N-methyl/N-ethyl adjacent to an activating group) is 1. The molecule has 0 radical (unpaired) electrons. The third-order valence-corrected chi connectivity index (χ3v) is 2.41. The molecule has 3 N–H and O–H groups in total. The minimum Gasteiger partial charge on any atom is -0.479 e. The summed E-state index contributed by atoms with van der Waals surface area (Å²) in [5.74, 6) is -1.20. The van der Waals surface area contributed by atoms with E-state index in [1.807, 2.05) is 0 Å². The van der Waals surface area contributed by atoms with Crippen LogP contribution >= 0.6 is 23.2 Å². The van der Waals surface area contributed by atoms with E-state index in [2.05, 4.69) is 4.99 Å². The number of carboxylic acids is 1. The summed E-state index contributed by atoms with van der Waals surface area (Å²) < 4.78 is 0. The molecule has 72 valence electrons. The molecule has 1 atom stereocenters. The van der Waals surface area contributed by atoms with Crippen LogP contribution in [0.2, 0.25) is 0 Å². The molecule has 0 bridgehead atoms. The van der Waals surface area contributed by atoms with Gasteiger partial charge in [-0.15, -0.1) is 0 Å². The van der Waals surface area contributed by atoms with Crippen LogP contribution in [0.4, 0.5) is 0 Å². The van der Waals surface area contributed by atoms with Crippen LogP contribution in [0.25, 0.3) is 0 Å². The van der Waals surface area contributed by atoms with Crippen LogP contribution in [0, 0.1) is 0 Å². The summed E-state index contributed by atoms with van der Waals surface area (Å²) in [4.78, 5) is 15.5. The second-order valence-corrected chi connectivity index (χ2v) is 3.19. The summed E-state index contributed by atoms with van der Waals surface area (Å²) in [6, 6.07) is -1.05. The molecule has 1 aliphatic rings. The van der Waals surface area contributed by atoms with Gasteiger partial charge >= 0.3 is 5.97 Å². The Morgan fingerprint density at radius 3 is 2.69 bits per heavy atom. The van der Waals surface area contributed by atoms with E-state index in [0.717, 1.165) is 0 Å². The van der Waals surface area contributed by atoms with Crippen molar-refractivity contribution in [2.24, 2.45) is 10.7 Å². The second kappa shape index (κ2) is 3.43. The topological polar surface area (TPSA) is 78.9 Å². The lowest BCUT2D eigenvalue weighted by Gasteiger charge is -2.28. The fraction of sp³-hybridized carbons (Fsp3) is 0.333. The van der Waals surface area contributed by atoms with Crippen LogP contribution in [0.5, 0.6) is 0 Å². The van der Waals surface area contributed by atoms with Crippen LogP contribution < -0.4 is 5.73 Å². The molecule has 7 heteroatoms. The second-order valence-electron chi connectivity index (χ2n) is 2.47. The average Bonchev–Trinajstić information content (AvgIpc) is 1.99. The Morgan fingerprint density at radius 2 is 2.23 bits per heavy atom. The number of carboxylic acid groups (broad SMARTS) is 1. The minimum absolute atomic E-state index is 0.000772. The molecule has 0 saturated heterocycles. The molecule has 13 heavy (non-hydrogen) atoms. The SMILES string of the molecule is CN1C(Cl)=C(Cl)N=C(N)C1C(=O)O. The van der Waals surface area contributed by atoms with Crippen molar-refractivity contribution in [1.82, 2.24) is 4.90 Å². The van der Waals surface area contributed by atoms with Crippen molar-refractivity contribution in [3.8, 4) is 0 Å². The highest BCUT2D eigenvalue weighted by atomic mass is 35.5. The summed E-state index contributed by atoms with van der Waals surface area (Å²) in [7, 11) is 1.48. The van der Waals surface area contributed by atoms with E-state index in [1.165, 1.54) is 11.9 Å². The Labute approximate surface area is 84.4 Å². The van der Waals surface area contributed by atoms with Gasteiger partial charge in [0.1, 0.15) is 11.0 Å². The number of hydrogen-bond acceptors (Lipinski definition) is 4. The van der Waals surface area contributed by atoms with Gasteiger partial charge in [-0.25, -0.2) is 9.79 Å². The van der Waals surface area contributed by atoms with Crippen molar-refractivity contribution >= 4 is 35.0 Å². The highest BCUT2D eigenvalue weighted by Crippen LogP contribution is 2.24. The predicted octanol–water partition coefficient (Wildman–Crippen LogP) is 0.346. The van der Waals surface area contributed by atoms with Crippen LogP contribution in [-0.2, 0) is 4.79 Å². The van der Waals surface area contributed by atoms with Crippen molar-refractivity contribution in [3.05, 3.63) is 10.3 Å². The Hall–Kier alpha value is -0.940. The average molecular weight is 224 g/mol. The molecule has 0 aromatic rings. The highest BCUT2D eigenvalue weighted by molar-refractivity contribution is 6.39. The van der Waals surface area contributed by atoms with Gasteiger partial charge in [-0.1, -0.05) is 23.2 Å². The van der Waals surface area contributed by atoms with E-state index < -0.39 is 12.0 Å². The summed E-state index contributed by atoms with van der Waals surface area (Å²) >= 11 is 11.2. The first-order chi connectivity index (χ1) is 5.95. The lowest BCUT2D eigenvalue weighted by atomic mass is 10.2. The van der Waals surface area contributed by atoms with E-state index in [-0.39, 0.29) is 16.1 Å². The van der Waals surface area contributed by atoms with Gasteiger partial charge in [-0.2, -0.15) is 0 Å². The van der Waals surface area contributed by atoms with Gasteiger partial charge < -0.3 is 15.7 Å². The van der Waals surface area contributed by atoms with Gasteiger partial charge in [0.15, 0.2) is 11.2 Å². The number of amidine groups is 1. The number of rotatable bonds is 1. The van der Waals surface area contributed by atoms with Crippen LogP contribution in [0.15, 0.2) is 15.3 Å². The largest absolute Gasteiger partial charge is 0.479 e. The molecule has 0 saturated carbocycles. The molecule has 0 amide bonds. The van der Waals surface area contributed by atoms with Gasteiger partial charge in [0, 0.05) is 7.05 Å². The first kappa shape index (κ1) is 10.1. The molecule has 1 heterocycles. The normalized spacial score (nSPS) is 23.2. The molecule has 0 aromatic carbocycles. The Morgan fingerprint density at radius 1 is 1.69 bits per heavy atom. The fourth-order valence-corrected chi connectivity index (χ4v) is 1.34. The van der Waals surface area contributed by atoms with Gasteiger partial charge in [0.2, 0.25) is 0 Å². The van der Waals surface area contributed by atoms with Crippen molar-refractivity contribution < 1.29 is 9.90 Å². The van der Waals surface area contributed by atoms with Crippen molar-refractivity contribution in [2.75, 3.05) is 7.05 Å². The molecule has 1 rings (SSSR count). The summed E-state index contributed by atoms with van der Waals surface area (Å²) in [6.07, 6.45) is 0. The van der Waals surface area contributed by atoms with Gasteiger partial charge in [-0.3, -0.25) is 0 Å². The van der Waals surface area contributed by atoms with E-state index in [0.29, 0.717) is 0 Å². The molecule has 1 unspecified atom stereocenters. The zero-order valence-electron chi connectivity index (χ0n) is 6.66. The number of halogens is 2. The van der Waals surface area contributed by atoms with Gasteiger partial charge in [-0.05, 0) is 0 Å². The van der Waals surface area contributed by atoms with Crippen molar-refractivity contribution in [2.45, 2.75) is 6.04 Å². The minimum atomic E-state index is -1.12. The summed E-state index contributed by atoms with van der Waals surface area (Å²) in [6.45, 7) is 0. The number of aliphatic imine (C=N–C) groups is 1. The molecule has 0 aliphatic carbocycles. The molecule has 0 aromatic heterocycles. The third-order valence-electron chi connectivity index (χ3n) is 1.61. The van der Waals surface area contributed by atoms with E-state index in [1.54, 1.807) is 0 Å². The van der Waals surface area contributed by atoms with Crippen LogP contribution in [0.1, 0.15) is 0 Å². The van der Waals surface area contributed by atoms with Gasteiger partial charge in [0.05, 0.1) is 0 Å². The van der Waals surface area contributed by atoms with Crippen LogP contribution in [-0.4, -0.2) is 34.9 Å². The first-order valence-electron chi connectivity index (χ1n) is 3.30. The molecule has 1 aliphatic heterocycles. The summed E-state index contributed by atoms with van der Waals surface area (Å²) in [5, 5.41) is 8.83. The zero-order valence-corrected chi connectivity index (χ0v) is 8.17. The van der Waals surface area contributed by atoms with E-state index >= 15 is 0 Å². The van der Waals surface area contributed by atoms with E-state index in [9.17, 15) is 4.79 Å². The molecular formula is C6H7Cl2N3O2. The van der Waals surface area contributed by atoms with E-state index in [4.69, 9.17) is 34.0 Å². The molecule has 0 spiro atoms. The molecular weight excluding hydrogens is 217 g/mol. The summed E-state index contributed by atoms with van der Waals surface area (Å²) in [5.41, 5.74) is 5.37. The predicted molar refractivity (Wildman–Crippen MR) is 49.5 cm³/mol. The number of hydrogen-bond donors (Lipinski definition) is 2. The Bertz CT molecular complexity index is 313. The fourth-order valence-electron chi connectivity index (χ4n) is 0.970. The standard InChI is InChI=1S/C6H7Cl2N3O2/c1-11-2(6(12)13)5(9)10-3(7)4(11)8/h2H,1H3,(H2,9,10)(H,12,13). The maximum atomic E-state index is 10.7. The van der Waals surface area contributed by atoms with Crippen LogP contribution in [0.3, 0.4) is 0 Å². The lowest BCUT2D eigenvalue weighted by molar-refractivity contribution is -0.139. The van der Waals surface area contributed by atoms with Gasteiger partial charge in [0.25, 0.3) is 0 Å². The Kier molecular flexibility index (Phi) is 2.68. The number of carbonyl (C=O) groups is 1. The Balaban J connectivity index is 3.09. The zero-order chi connectivity index (χ0) is 10.2. The number of aliphatic carboxylic acids is 1. The monoisotopic (exact) mass is 223 g/mol. The number of nitrogens with zero attached hydrogens (tertiary/aromatic N) is 2. The number of nitrogens with two attached hydrogens (primary N) is 1. The quantitative estimate of drug-likeness (QED) is 0.629. The smallest absolute Gasteiger partial charge is 0.334 e. The maximum absolute atomic E-state index is 10.7. The highest BCUT2D eigenvalue weighted by Gasteiger charge is 2.32. The third kappa shape index (κ3) is 1.71. The lowest BCUT2D eigenvalue weighted by Crippen LogP contribution is -2.49. The maximum Gasteiger partial charge on any atom is 0.334 e. The first-order valence-corrected chi connectivity index (χ1v) is 4.05.